The lowest BCUT2D eigenvalue weighted by Gasteiger charge is -2.22. The van der Waals surface area contributed by atoms with Crippen LogP contribution >= 0.6 is 0 Å². The second kappa shape index (κ2) is 5.27. The number of anilines is 1. The Morgan fingerprint density at radius 3 is 2.89 bits per heavy atom. The van der Waals surface area contributed by atoms with Crippen molar-refractivity contribution in [2.75, 3.05) is 25.1 Å². The lowest BCUT2D eigenvalue weighted by atomic mass is 10.0. The summed E-state index contributed by atoms with van der Waals surface area (Å²) in [4.78, 5) is 12.8. The molecule has 2 aromatic rings. The predicted octanol–water partition coefficient (Wildman–Crippen LogP) is 1.86. The van der Waals surface area contributed by atoms with Gasteiger partial charge < -0.3 is 10.1 Å². The van der Waals surface area contributed by atoms with Gasteiger partial charge in [-0.15, -0.1) is 0 Å². The van der Waals surface area contributed by atoms with Gasteiger partial charge in [0.15, 0.2) is 5.65 Å². The first kappa shape index (κ1) is 11.3. The summed E-state index contributed by atoms with van der Waals surface area (Å²) >= 11 is 0. The molecule has 0 unspecified atom stereocenters. The fourth-order valence-electron chi connectivity index (χ4n) is 2.15. The molecular weight excluding hydrogens is 228 g/mol. The van der Waals surface area contributed by atoms with Crippen molar-refractivity contribution in [1.82, 2.24) is 15.0 Å². The van der Waals surface area contributed by atoms with Gasteiger partial charge in [0.25, 0.3) is 0 Å². The van der Waals surface area contributed by atoms with E-state index in [9.17, 15) is 0 Å². The number of aromatic nitrogens is 3. The molecular formula is C13H16N4O. The molecule has 1 aliphatic rings. The van der Waals surface area contributed by atoms with Crippen molar-refractivity contribution in [3.05, 3.63) is 24.5 Å². The lowest BCUT2D eigenvalue weighted by molar-refractivity contribution is 0.0699. The average molecular weight is 244 g/mol. The molecule has 1 saturated heterocycles. The zero-order valence-electron chi connectivity index (χ0n) is 10.2. The van der Waals surface area contributed by atoms with Gasteiger partial charge in [0.05, 0.1) is 0 Å². The number of nitrogens with one attached hydrogen (secondary N) is 1. The van der Waals surface area contributed by atoms with Crippen LogP contribution in [0.2, 0.25) is 0 Å². The smallest absolute Gasteiger partial charge is 0.180 e. The van der Waals surface area contributed by atoms with E-state index in [4.69, 9.17) is 4.74 Å². The maximum Gasteiger partial charge on any atom is 0.180 e. The maximum absolute atomic E-state index is 5.35. The Hall–Kier alpha value is -1.75. The van der Waals surface area contributed by atoms with E-state index in [2.05, 4.69) is 20.3 Å². The van der Waals surface area contributed by atoms with E-state index in [0.717, 1.165) is 43.9 Å². The quantitative estimate of drug-likeness (QED) is 0.893. The SMILES string of the molecule is c1cnc2nc(NCC3CCOCC3)ccc2n1. The van der Waals surface area contributed by atoms with Gasteiger partial charge in [0.1, 0.15) is 11.3 Å². The number of hydrogen-bond acceptors (Lipinski definition) is 5. The van der Waals surface area contributed by atoms with Crippen LogP contribution in [0.5, 0.6) is 0 Å². The summed E-state index contributed by atoms with van der Waals surface area (Å²) in [5.41, 5.74) is 1.52. The van der Waals surface area contributed by atoms with Gasteiger partial charge in [-0.25, -0.2) is 9.97 Å². The Morgan fingerprint density at radius 1 is 1.17 bits per heavy atom. The van der Waals surface area contributed by atoms with Gasteiger partial charge in [-0.1, -0.05) is 0 Å². The van der Waals surface area contributed by atoms with Crippen molar-refractivity contribution < 1.29 is 4.74 Å². The molecule has 0 radical (unpaired) electrons. The average Bonchev–Trinajstić information content (AvgIpc) is 2.46. The van der Waals surface area contributed by atoms with E-state index in [1.54, 1.807) is 12.4 Å². The summed E-state index contributed by atoms with van der Waals surface area (Å²) < 4.78 is 5.35. The molecule has 5 nitrogen and oxygen atoms in total. The topological polar surface area (TPSA) is 59.9 Å². The molecule has 3 heterocycles. The maximum atomic E-state index is 5.35. The van der Waals surface area contributed by atoms with Crippen LogP contribution in [0.3, 0.4) is 0 Å². The van der Waals surface area contributed by atoms with Crippen LogP contribution in [0.1, 0.15) is 12.8 Å². The minimum atomic E-state index is 0.679. The number of hydrogen-bond donors (Lipinski definition) is 1. The molecule has 1 aliphatic heterocycles. The predicted molar refractivity (Wildman–Crippen MR) is 69.4 cm³/mol. The molecule has 18 heavy (non-hydrogen) atoms. The Kier molecular flexibility index (Phi) is 3.32. The van der Waals surface area contributed by atoms with Crippen LogP contribution in [0.4, 0.5) is 5.82 Å². The third-order valence-corrected chi connectivity index (χ3v) is 3.24. The van der Waals surface area contributed by atoms with E-state index in [0.29, 0.717) is 11.6 Å². The monoisotopic (exact) mass is 244 g/mol. The largest absolute Gasteiger partial charge is 0.381 e. The number of fused-ring (bicyclic) bond motifs is 1. The van der Waals surface area contributed by atoms with Crippen LogP contribution in [0.25, 0.3) is 11.2 Å². The lowest BCUT2D eigenvalue weighted by Crippen LogP contribution is -2.22. The first-order valence-electron chi connectivity index (χ1n) is 6.31. The Morgan fingerprint density at radius 2 is 2.00 bits per heavy atom. The van der Waals surface area contributed by atoms with Gasteiger partial charge in [-0.3, -0.25) is 4.98 Å². The third-order valence-electron chi connectivity index (χ3n) is 3.24. The number of ether oxygens (including phenoxy) is 1. The Balaban J connectivity index is 1.66. The van der Waals surface area contributed by atoms with Gasteiger partial charge in [-0.2, -0.15) is 0 Å². The molecule has 0 atom stereocenters. The molecule has 0 amide bonds. The molecule has 2 aromatic heterocycles. The van der Waals surface area contributed by atoms with Crippen molar-refractivity contribution in [3.63, 3.8) is 0 Å². The first-order chi connectivity index (χ1) is 8.92. The summed E-state index contributed by atoms with van der Waals surface area (Å²) in [5.74, 6) is 1.55. The van der Waals surface area contributed by atoms with Gasteiger partial charge in [0.2, 0.25) is 0 Å². The summed E-state index contributed by atoms with van der Waals surface area (Å²) in [6.07, 6.45) is 5.59. The summed E-state index contributed by atoms with van der Waals surface area (Å²) in [6.45, 7) is 2.70. The highest BCUT2D eigenvalue weighted by Gasteiger charge is 2.13. The Bertz CT molecular complexity index is 525. The third kappa shape index (κ3) is 2.56. The van der Waals surface area contributed by atoms with E-state index in [-0.39, 0.29) is 0 Å². The van der Waals surface area contributed by atoms with Gasteiger partial charge >= 0.3 is 0 Å². The highest BCUT2D eigenvalue weighted by atomic mass is 16.5. The number of rotatable bonds is 3. The van der Waals surface area contributed by atoms with Gasteiger partial charge in [0, 0.05) is 32.2 Å². The standard InChI is InChI=1S/C13H16N4O/c1-2-12(16-9-10-3-7-18-8-4-10)17-13-11(1)14-5-6-15-13/h1-2,5-6,10H,3-4,7-9H2,(H,15,16,17). The molecule has 0 saturated carbocycles. The van der Waals surface area contributed by atoms with Crippen LogP contribution in [-0.4, -0.2) is 34.7 Å². The van der Waals surface area contributed by atoms with Crippen LogP contribution in [0, 0.1) is 5.92 Å². The minimum Gasteiger partial charge on any atom is -0.381 e. The van der Waals surface area contributed by atoms with Crippen LogP contribution in [-0.2, 0) is 4.74 Å². The fraction of sp³-hybridized carbons (Fsp3) is 0.462. The van der Waals surface area contributed by atoms with E-state index < -0.39 is 0 Å². The van der Waals surface area contributed by atoms with Crippen LogP contribution < -0.4 is 5.32 Å². The first-order valence-corrected chi connectivity index (χ1v) is 6.31. The highest BCUT2D eigenvalue weighted by Crippen LogP contribution is 2.16. The number of pyridine rings is 1. The summed E-state index contributed by atoms with van der Waals surface area (Å²) in [5, 5.41) is 3.37. The normalized spacial score (nSPS) is 16.9. The summed E-state index contributed by atoms with van der Waals surface area (Å²) in [6, 6.07) is 3.90. The van der Waals surface area contributed by atoms with Crippen LogP contribution in [0.15, 0.2) is 24.5 Å². The van der Waals surface area contributed by atoms with Crippen molar-refractivity contribution in [2.24, 2.45) is 5.92 Å². The zero-order valence-corrected chi connectivity index (χ0v) is 10.2. The number of nitrogens with zero attached hydrogens (tertiary/aromatic N) is 3. The van der Waals surface area contributed by atoms with Crippen molar-refractivity contribution >= 4 is 17.0 Å². The van der Waals surface area contributed by atoms with E-state index in [1.807, 2.05) is 12.1 Å². The van der Waals surface area contributed by atoms with Crippen molar-refractivity contribution in [3.8, 4) is 0 Å². The minimum absolute atomic E-state index is 0.679. The highest BCUT2D eigenvalue weighted by molar-refractivity contribution is 5.71. The fourth-order valence-corrected chi connectivity index (χ4v) is 2.15. The molecule has 3 rings (SSSR count). The molecule has 0 aliphatic carbocycles. The van der Waals surface area contributed by atoms with Crippen molar-refractivity contribution in [2.45, 2.75) is 12.8 Å². The molecule has 0 spiro atoms. The molecule has 0 bridgehead atoms. The van der Waals surface area contributed by atoms with Gasteiger partial charge in [-0.05, 0) is 30.9 Å². The van der Waals surface area contributed by atoms with E-state index in [1.165, 1.54) is 0 Å². The van der Waals surface area contributed by atoms with Crippen molar-refractivity contribution in [1.29, 1.82) is 0 Å². The molecule has 1 N–H and O–H groups in total. The molecule has 0 aromatic carbocycles. The molecule has 5 heteroatoms. The Labute approximate surface area is 106 Å². The second-order valence-electron chi connectivity index (χ2n) is 4.53. The second-order valence-corrected chi connectivity index (χ2v) is 4.53. The zero-order chi connectivity index (χ0) is 12.2. The van der Waals surface area contributed by atoms with E-state index >= 15 is 0 Å². The molecule has 94 valence electrons. The molecule has 1 fully saturated rings. The summed E-state index contributed by atoms with van der Waals surface area (Å²) in [7, 11) is 0.